The molecular weight excluding hydrogens is 284 g/mol. The Hall–Kier alpha value is -0.188. The van der Waals surface area contributed by atoms with Crippen molar-refractivity contribution < 1.29 is 20.4 Å². The Morgan fingerprint density at radius 1 is 1.44 bits per heavy atom. The summed E-state index contributed by atoms with van der Waals surface area (Å²) in [6.45, 7) is 3.99. The molecule has 0 aromatic carbocycles. The average molecular weight is 292 g/mol. The summed E-state index contributed by atoms with van der Waals surface area (Å²) in [5, 5.41) is 0. The van der Waals surface area contributed by atoms with Crippen molar-refractivity contribution in [3.8, 4) is 0 Å². The van der Waals surface area contributed by atoms with Crippen LogP contribution in [-0.2, 0) is 20.4 Å². The molecule has 0 aliphatic heterocycles. The quantitative estimate of drug-likeness (QED) is 0.660. The molecule has 0 fully saturated rings. The molecule has 2 heteroatoms. The number of hydrogen-bond donors (Lipinski definition) is 0. The van der Waals surface area contributed by atoms with Crippen LogP contribution in [0.3, 0.4) is 0 Å². The summed E-state index contributed by atoms with van der Waals surface area (Å²) in [6, 6.07) is 3.89. The van der Waals surface area contributed by atoms with Crippen molar-refractivity contribution in [3.05, 3.63) is 29.6 Å². The van der Waals surface area contributed by atoms with E-state index in [1.54, 1.807) is 0 Å². The van der Waals surface area contributed by atoms with Gasteiger partial charge < -0.3 is 4.98 Å². The molecule has 0 N–H and O–H groups in total. The summed E-state index contributed by atoms with van der Waals surface area (Å²) < 4.78 is 0. The third-order valence-electron chi connectivity index (χ3n) is 0.970. The van der Waals surface area contributed by atoms with E-state index in [0.717, 1.165) is 5.69 Å². The van der Waals surface area contributed by atoms with Crippen molar-refractivity contribution in [1.29, 1.82) is 0 Å². The zero-order chi connectivity index (χ0) is 5.98. The Bertz CT molecular complexity index is 169. The molecule has 0 aliphatic rings. The minimum Gasteiger partial charge on any atom is -0.391 e. The molecule has 0 unspecified atom stereocenters. The van der Waals surface area contributed by atoms with Crippen LogP contribution in [0.5, 0.6) is 0 Å². The van der Waals surface area contributed by atoms with Crippen LogP contribution in [0.1, 0.15) is 11.3 Å². The fraction of sp³-hybridized carbons (Fsp3) is 0.286. The third kappa shape index (κ3) is 2.74. The van der Waals surface area contributed by atoms with Gasteiger partial charge in [-0.1, -0.05) is 25.7 Å². The molecule has 0 amide bonds. The summed E-state index contributed by atoms with van der Waals surface area (Å²) in [7, 11) is 0. The average Bonchev–Trinajstić information content (AvgIpc) is 1.64. The third-order valence-corrected chi connectivity index (χ3v) is 0.970. The number of rotatable bonds is 0. The number of nitrogens with zero attached hydrogens (tertiary/aromatic N) is 1. The second kappa shape index (κ2) is 3.77. The van der Waals surface area contributed by atoms with E-state index in [4.69, 9.17) is 0 Å². The first-order valence-corrected chi connectivity index (χ1v) is 2.60. The Labute approximate surface area is 69.2 Å². The molecule has 1 nitrogen and oxygen atoms in total. The fourth-order valence-corrected chi connectivity index (χ4v) is 0.639. The van der Waals surface area contributed by atoms with E-state index < -0.39 is 0 Å². The molecule has 1 aromatic rings. The largest absolute Gasteiger partial charge is 0.391 e. The van der Waals surface area contributed by atoms with Gasteiger partial charge in [-0.2, -0.15) is 11.6 Å². The summed E-state index contributed by atoms with van der Waals surface area (Å²) in [4.78, 5) is 3.92. The monoisotopic (exact) mass is 293 g/mol. The Balaban J connectivity index is 0.000000640. The molecule has 0 spiro atoms. The van der Waals surface area contributed by atoms with E-state index >= 15 is 0 Å². The van der Waals surface area contributed by atoms with Gasteiger partial charge in [-0.15, -0.1) is 6.07 Å². The van der Waals surface area contributed by atoms with Crippen molar-refractivity contribution in [2.75, 3.05) is 0 Å². The predicted octanol–water partition coefficient (Wildman–Crippen LogP) is 1.50. The molecule has 49 valence electrons. The van der Waals surface area contributed by atoms with Crippen LogP contribution in [-0.4, -0.2) is 4.98 Å². The first kappa shape index (κ1) is 8.81. The van der Waals surface area contributed by atoms with E-state index in [1.807, 2.05) is 26.0 Å². The summed E-state index contributed by atoms with van der Waals surface area (Å²) in [5.41, 5.74) is 2.25. The zero-order valence-corrected chi connectivity index (χ0v) is 8.20. The second-order valence-corrected chi connectivity index (χ2v) is 1.91. The summed E-state index contributed by atoms with van der Waals surface area (Å²) >= 11 is 0. The van der Waals surface area contributed by atoms with Crippen molar-refractivity contribution in [1.82, 2.24) is 4.98 Å². The number of hydrogen-bond acceptors (Lipinski definition) is 1. The molecule has 0 saturated carbocycles. The van der Waals surface area contributed by atoms with Crippen LogP contribution in [0.4, 0.5) is 0 Å². The van der Waals surface area contributed by atoms with Crippen molar-refractivity contribution in [2.24, 2.45) is 0 Å². The van der Waals surface area contributed by atoms with E-state index in [9.17, 15) is 0 Å². The Morgan fingerprint density at radius 3 is 2.44 bits per heavy atom. The van der Waals surface area contributed by atoms with Gasteiger partial charge in [0, 0.05) is 20.4 Å². The minimum atomic E-state index is 0. The minimum absolute atomic E-state index is 0. The van der Waals surface area contributed by atoms with Gasteiger partial charge >= 0.3 is 0 Å². The molecule has 1 radical (unpaired) electrons. The van der Waals surface area contributed by atoms with E-state index in [2.05, 4.69) is 11.2 Å². The zero-order valence-electron chi connectivity index (χ0n) is 5.48. The van der Waals surface area contributed by atoms with Crippen LogP contribution in [0.2, 0.25) is 0 Å². The van der Waals surface area contributed by atoms with Gasteiger partial charge in [0.25, 0.3) is 0 Å². The van der Waals surface area contributed by atoms with Gasteiger partial charge in [-0.25, -0.2) is 0 Å². The van der Waals surface area contributed by atoms with E-state index in [-0.39, 0.29) is 20.4 Å². The molecule has 0 saturated heterocycles. The van der Waals surface area contributed by atoms with Gasteiger partial charge in [0.2, 0.25) is 0 Å². The molecule has 1 heterocycles. The number of pyridine rings is 1. The van der Waals surface area contributed by atoms with Crippen LogP contribution in [0.25, 0.3) is 0 Å². The number of aryl methyl sites for hydroxylation is 2. The smallest absolute Gasteiger partial charge is 0 e. The normalized spacial score (nSPS) is 8.22. The van der Waals surface area contributed by atoms with Gasteiger partial charge in [0.05, 0.1) is 0 Å². The maximum absolute atomic E-state index is 3.92. The molecular formula is C7H8NRe-. The van der Waals surface area contributed by atoms with Crippen molar-refractivity contribution in [3.63, 3.8) is 0 Å². The summed E-state index contributed by atoms with van der Waals surface area (Å²) in [6.07, 6.45) is 2.78. The second-order valence-electron chi connectivity index (χ2n) is 1.91. The molecule has 0 bridgehead atoms. The van der Waals surface area contributed by atoms with Crippen molar-refractivity contribution in [2.45, 2.75) is 13.8 Å². The maximum atomic E-state index is 3.92. The fourth-order valence-electron chi connectivity index (χ4n) is 0.639. The van der Waals surface area contributed by atoms with Gasteiger partial charge in [-0.05, 0) is 0 Å². The Kier molecular flexibility index (Phi) is 3.69. The van der Waals surface area contributed by atoms with Gasteiger partial charge in [-0.3, -0.25) is 0 Å². The van der Waals surface area contributed by atoms with E-state index in [1.165, 1.54) is 5.56 Å². The SMILES string of the molecule is Cc1c[c-]nc(C)c1.[Re]. The van der Waals surface area contributed by atoms with Crippen LogP contribution in [0.15, 0.2) is 12.1 Å². The van der Waals surface area contributed by atoms with Crippen LogP contribution >= 0.6 is 0 Å². The summed E-state index contributed by atoms with van der Waals surface area (Å²) in [5.74, 6) is 0. The first-order chi connectivity index (χ1) is 3.79. The molecule has 0 atom stereocenters. The first-order valence-electron chi connectivity index (χ1n) is 2.60. The molecule has 9 heavy (non-hydrogen) atoms. The van der Waals surface area contributed by atoms with Crippen LogP contribution in [0, 0.1) is 20.0 Å². The number of aromatic nitrogens is 1. The van der Waals surface area contributed by atoms with Gasteiger partial charge in [0.1, 0.15) is 0 Å². The molecule has 0 aliphatic carbocycles. The molecule has 1 aromatic heterocycles. The predicted molar refractivity (Wildman–Crippen MR) is 32.5 cm³/mol. The van der Waals surface area contributed by atoms with E-state index in [0.29, 0.717) is 0 Å². The topological polar surface area (TPSA) is 12.9 Å². The molecule has 1 rings (SSSR count). The standard InChI is InChI=1S/C7H8N.Re/c1-6-3-4-8-7(2)5-6;/h3,5H,1-2H3;/q-1;. The Morgan fingerprint density at radius 2 is 2.11 bits per heavy atom. The van der Waals surface area contributed by atoms with Crippen molar-refractivity contribution >= 4 is 0 Å². The van der Waals surface area contributed by atoms with Crippen LogP contribution < -0.4 is 0 Å². The maximum Gasteiger partial charge on any atom is 0 e. The van der Waals surface area contributed by atoms with Gasteiger partial charge in [0.15, 0.2) is 0 Å².